The summed E-state index contributed by atoms with van der Waals surface area (Å²) in [7, 11) is 1.66. The fourth-order valence-corrected chi connectivity index (χ4v) is 3.30. The number of halogens is 1. The van der Waals surface area contributed by atoms with E-state index in [0.29, 0.717) is 25.3 Å². The molecule has 1 aromatic carbocycles. The Bertz CT molecular complexity index is 1060. The zero-order valence-corrected chi connectivity index (χ0v) is 16.0. The number of nitrogens with zero attached hydrogens (tertiary/aromatic N) is 6. The number of likely N-dealkylation sites (N-methyl/N-ethyl adjacent to an activating group) is 1. The summed E-state index contributed by atoms with van der Waals surface area (Å²) in [5.74, 6) is -0.387. The number of hydrogen-bond acceptors (Lipinski definition) is 5. The van der Waals surface area contributed by atoms with E-state index < -0.39 is 11.9 Å². The number of rotatable bonds is 4. The van der Waals surface area contributed by atoms with Gasteiger partial charge in [-0.25, -0.2) is 18.7 Å². The quantitative estimate of drug-likeness (QED) is 0.712. The average Bonchev–Trinajstić information content (AvgIpc) is 3.29. The number of fused-ring (bicyclic) bond motifs is 1. The highest BCUT2D eigenvalue weighted by molar-refractivity contribution is 6.00. The summed E-state index contributed by atoms with van der Waals surface area (Å²) in [6.07, 6.45) is 1.84. The number of anilines is 1. The molecule has 9 nitrogen and oxygen atoms in total. The third kappa shape index (κ3) is 3.86. The maximum Gasteiger partial charge on any atom is 0.291 e. The SMILES string of the molecule is Cc1cc2n(n1)CC[C@H](NC(=O)c1ncn(Cc3ccc(F)cc3)n1)C(=O)N2C. The number of benzene rings is 1. The molecule has 0 fully saturated rings. The van der Waals surface area contributed by atoms with Crippen molar-refractivity contribution in [1.82, 2.24) is 29.9 Å². The molecule has 2 aromatic heterocycles. The molecule has 0 saturated heterocycles. The maximum absolute atomic E-state index is 13.0. The lowest BCUT2D eigenvalue weighted by molar-refractivity contribution is -0.120. The van der Waals surface area contributed by atoms with Crippen LogP contribution in [0.1, 0.15) is 28.3 Å². The molecule has 1 aliphatic heterocycles. The number of carbonyl (C=O) groups is 2. The van der Waals surface area contributed by atoms with Crippen LogP contribution in [-0.2, 0) is 17.9 Å². The number of hydrogen-bond donors (Lipinski definition) is 1. The van der Waals surface area contributed by atoms with E-state index in [4.69, 9.17) is 0 Å². The van der Waals surface area contributed by atoms with E-state index in [1.54, 1.807) is 23.9 Å². The van der Waals surface area contributed by atoms with E-state index in [-0.39, 0.29) is 17.5 Å². The minimum atomic E-state index is -0.696. The highest BCUT2D eigenvalue weighted by atomic mass is 19.1. The summed E-state index contributed by atoms with van der Waals surface area (Å²) < 4.78 is 16.3. The Morgan fingerprint density at radius 1 is 1.28 bits per heavy atom. The van der Waals surface area contributed by atoms with Gasteiger partial charge in [0.2, 0.25) is 5.82 Å². The third-order valence-corrected chi connectivity index (χ3v) is 4.79. The molecule has 4 rings (SSSR count). The first-order valence-electron chi connectivity index (χ1n) is 9.17. The molecule has 150 valence electrons. The van der Waals surface area contributed by atoms with E-state index in [1.807, 2.05) is 13.0 Å². The van der Waals surface area contributed by atoms with Crippen LogP contribution in [0.25, 0.3) is 0 Å². The van der Waals surface area contributed by atoms with Crippen LogP contribution in [0.4, 0.5) is 10.2 Å². The van der Waals surface area contributed by atoms with Gasteiger partial charge in [-0.15, -0.1) is 5.10 Å². The molecule has 0 unspecified atom stereocenters. The summed E-state index contributed by atoms with van der Waals surface area (Å²) >= 11 is 0. The standard InChI is InChI=1S/C19H20FN7O2/c1-12-9-16-25(2)19(29)15(7-8-27(16)23-12)22-18(28)17-21-11-26(24-17)10-13-3-5-14(20)6-4-13/h3-6,9,11,15H,7-8,10H2,1-2H3,(H,22,28)/t15-/m0/s1. The van der Waals surface area contributed by atoms with E-state index >= 15 is 0 Å². The number of amides is 2. The van der Waals surface area contributed by atoms with Crippen molar-refractivity contribution in [2.45, 2.75) is 32.5 Å². The second-order valence-electron chi connectivity index (χ2n) is 6.97. The maximum atomic E-state index is 13.0. The van der Waals surface area contributed by atoms with E-state index in [9.17, 15) is 14.0 Å². The van der Waals surface area contributed by atoms with E-state index in [0.717, 1.165) is 11.3 Å². The predicted molar refractivity (Wildman–Crippen MR) is 102 cm³/mol. The van der Waals surface area contributed by atoms with Gasteiger partial charge in [-0.2, -0.15) is 5.10 Å². The molecule has 10 heteroatoms. The van der Waals surface area contributed by atoms with Crippen LogP contribution in [0.15, 0.2) is 36.7 Å². The number of aryl methyl sites for hydroxylation is 2. The van der Waals surface area contributed by atoms with Gasteiger partial charge in [-0.05, 0) is 31.0 Å². The van der Waals surface area contributed by atoms with Crippen molar-refractivity contribution in [3.05, 3.63) is 59.6 Å². The van der Waals surface area contributed by atoms with Crippen molar-refractivity contribution in [2.75, 3.05) is 11.9 Å². The number of aromatic nitrogens is 5. The van der Waals surface area contributed by atoms with Crippen LogP contribution in [-0.4, -0.2) is 49.4 Å². The van der Waals surface area contributed by atoms with Crippen molar-refractivity contribution in [3.8, 4) is 0 Å². The molecular formula is C19H20FN7O2. The molecule has 3 aromatic rings. The second-order valence-corrected chi connectivity index (χ2v) is 6.97. The van der Waals surface area contributed by atoms with Gasteiger partial charge in [-0.3, -0.25) is 14.5 Å². The summed E-state index contributed by atoms with van der Waals surface area (Å²) in [6.45, 7) is 2.73. The lowest BCUT2D eigenvalue weighted by Crippen LogP contribution is -2.47. The monoisotopic (exact) mass is 397 g/mol. The molecular weight excluding hydrogens is 377 g/mol. The zero-order chi connectivity index (χ0) is 20.5. The smallest absolute Gasteiger partial charge is 0.291 e. The first-order valence-corrected chi connectivity index (χ1v) is 9.17. The van der Waals surface area contributed by atoms with Gasteiger partial charge < -0.3 is 5.32 Å². The lowest BCUT2D eigenvalue weighted by Gasteiger charge is -2.19. The van der Waals surface area contributed by atoms with Gasteiger partial charge in [0.1, 0.15) is 24.0 Å². The van der Waals surface area contributed by atoms with Crippen LogP contribution < -0.4 is 10.2 Å². The molecule has 1 aliphatic rings. The van der Waals surface area contributed by atoms with E-state index in [2.05, 4.69) is 20.5 Å². The van der Waals surface area contributed by atoms with Crippen molar-refractivity contribution < 1.29 is 14.0 Å². The van der Waals surface area contributed by atoms with Crippen LogP contribution in [0.3, 0.4) is 0 Å². The van der Waals surface area contributed by atoms with Gasteiger partial charge in [0.05, 0.1) is 12.2 Å². The normalized spacial score (nSPS) is 16.4. The minimum Gasteiger partial charge on any atom is -0.337 e. The van der Waals surface area contributed by atoms with Crippen molar-refractivity contribution >= 4 is 17.6 Å². The lowest BCUT2D eigenvalue weighted by atomic mass is 10.2. The topological polar surface area (TPSA) is 97.9 Å². The molecule has 0 saturated carbocycles. The Balaban J connectivity index is 1.43. The highest BCUT2D eigenvalue weighted by Gasteiger charge is 2.31. The summed E-state index contributed by atoms with van der Waals surface area (Å²) in [5.41, 5.74) is 1.66. The van der Waals surface area contributed by atoms with Gasteiger partial charge in [0.25, 0.3) is 11.8 Å². The van der Waals surface area contributed by atoms with Gasteiger partial charge in [0.15, 0.2) is 0 Å². The molecule has 0 radical (unpaired) electrons. The summed E-state index contributed by atoms with van der Waals surface area (Å²) in [4.78, 5) is 30.8. The molecule has 29 heavy (non-hydrogen) atoms. The van der Waals surface area contributed by atoms with Crippen molar-refractivity contribution in [3.63, 3.8) is 0 Å². The largest absolute Gasteiger partial charge is 0.337 e. The van der Waals surface area contributed by atoms with Gasteiger partial charge in [-0.1, -0.05) is 12.1 Å². The average molecular weight is 397 g/mol. The molecule has 2 amide bonds. The Kier molecular flexibility index (Phi) is 4.83. The Morgan fingerprint density at radius 2 is 2.03 bits per heavy atom. The second kappa shape index (κ2) is 7.46. The zero-order valence-electron chi connectivity index (χ0n) is 16.0. The van der Waals surface area contributed by atoms with Crippen LogP contribution in [0, 0.1) is 12.7 Å². The fourth-order valence-electron chi connectivity index (χ4n) is 3.30. The summed E-state index contributed by atoms with van der Waals surface area (Å²) in [5, 5.41) is 11.3. The van der Waals surface area contributed by atoms with Crippen LogP contribution in [0.5, 0.6) is 0 Å². The molecule has 0 spiro atoms. The predicted octanol–water partition coefficient (Wildman–Crippen LogP) is 1.14. The van der Waals surface area contributed by atoms with Crippen molar-refractivity contribution in [1.29, 1.82) is 0 Å². The van der Waals surface area contributed by atoms with E-state index in [1.165, 1.54) is 28.0 Å². The Hall–Kier alpha value is -3.56. The molecule has 3 heterocycles. The molecule has 0 aliphatic carbocycles. The van der Waals surface area contributed by atoms with Crippen LogP contribution in [0.2, 0.25) is 0 Å². The molecule has 1 N–H and O–H groups in total. The van der Waals surface area contributed by atoms with Crippen LogP contribution >= 0.6 is 0 Å². The molecule has 0 bridgehead atoms. The Labute approximate surface area is 166 Å². The number of nitrogens with one attached hydrogen (secondary N) is 1. The minimum absolute atomic E-state index is 0.0274. The fraction of sp³-hybridized carbons (Fsp3) is 0.316. The number of carbonyl (C=O) groups excluding carboxylic acids is 2. The van der Waals surface area contributed by atoms with Gasteiger partial charge >= 0.3 is 0 Å². The van der Waals surface area contributed by atoms with Gasteiger partial charge in [0, 0.05) is 19.7 Å². The summed E-state index contributed by atoms with van der Waals surface area (Å²) in [6, 6.07) is 7.14. The highest BCUT2D eigenvalue weighted by Crippen LogP contribution is 2.20. The van der Waals surface area contributed by atoms with Crippen molar-refractivity contribution in [2.24, 2.45) is 0 Å². The third-order valence-electron chi connectivity index (χ3n) is 4.79. The first-order chi connectivity index (χ1) is 13.9. The first kappa shape index (κ1) is 18.8. The Morgan fingerprint density at radius 3 is 2.79 bits per heavy atom. The molecule has 1 atom stereocenters.